The fourth-order valence-corrected chi connectivity index (χ4v) is 4.35. The van der Waals surface area contributed by atoms with Gasteiger partial charge < -0.3 is 14.3 Å². The van der Waals surface area contributed by atoms with Gasteiger partial charge in [0.05, 0.1) is 5.56 Å². The van der Waals surface area contributed by atoms with Crippen LogP contribution in [-0.4, -0.2) is 76.1 Å². The molecule has 0 unspecified atom stereocenters. The fraction of sp³-hybridized carbons (Fsp3) is 0.524. The Morgan fingerprint density at radius 2 is 2.14 bits per heavy atom. The van der Waals surface area contributed by atoms with E-state index in [1.54, 1.807) is 13.1 Å². The Kier molecular flexibility index (Phi) is 5.36. The van der Waals surface area contributed by atoms with Crippen LogP contribution in [0, 0.1) is 6.92 Å². The lowest BCUT2D eigenvalue weighted by atomic mass is 9.86. The number of aromatic nitrogens is 3. The lowest BCUT2D eigenvalue weighted by molar-refractivity contribution is -0.130. The highest BCUT2D eigenvalue weighted by Crippen LogP contribution is 2.33. The second-order valence-corrected chi connectivity index (χ2v) is 8.00. The zero-order valence-corrected chi connectivity index (χ0v) is 17.2. The van der Waals surface area contributed by atoms with Crippen molar-refractivity contribution in [3.8, 4) is 11.5 Å². The Hall–Kier alpha value is -2.74. The number of nitrogens with zero attached hydrogens (tertiary/aromatic N) is 6. The molecule has 2 saturated heterocycles. The number of likely N-dealkylation sites (N-methyl/N-ethyl adjacent to an activating group) is 1. The third-order valence-electron chi connectivity index (χ3n) is 6.20. The van der Waals surface area contributed by atoms with Gasteiger partial charge in [0.2, 0.25) is 5.91 Å². The van der Waals surface area contributed by atoms with Crippen LogP contribution < -0.4 is 4.90 Å². The molecule has 154 valence electrons. The summed E-state index contributed by atoms with van der Waals surface area (Å²) in [6.45, 7) is 9.70. The van der Waals surface area contributed by atoms with Gasteiger partial charge in [0.15, 0.2) is 5.82 Å². The zero-order chi connectivity index (χ0) is 20.4. The molecule has 8 nitrogen and oxygen atoms in total. The number of carbonyl (C=O) groups excluding carboxylic acids is 1. The highest BCUT2D eigenvalue weighted by molar-refractivity contribution is 5.76. The van der Waals surface area contributed by atoms with E-state index in [1.807, 2.05) is 23.1 Å². The number of likely N-dealkylation sites (tertiary alicyclic amines) is 1. The van der Waals surface area contributed by atoms with Gasteiger partial charge in [-0.15, -0.1) is 6.58 Å². The molecular weight excluding hydrogens is 368 g/mol. The number of rotatable bonds is 4. The summed E-state index contributed by atoms with van der Waals surface area (Å²) in [4.78, 5) is 28.1. The van der Waals surface area contributed by atoms with E-state index in [4.69, 9.17) is 4.52 Å². The second-order valence-electron chi connectivity index (χ2n) is 8.00. The van der Waals surface area contributed by atoms with Crippen LogP contribution in [0.2, 0.25) is 0 Å². The first-order valence-corrected chi connectivity index (χ1v) is 10.1. The molecule has 0 bridgehead atoms. The molecule has 0 radical (unpaired) electrons. The average Bonchev–Trinajstić information content (AvgIpc) is 3.11. The molecule has 29 heavy (non-hydrogen) atoms. The molecule has 2 aliphatic rings. The molecule has 1 spiro atoms. The zero-order valence-electron chi connectivity index (χ0n) is 17.2. The van der Waals surface area contributed by atoms with Crippen molar-refractivity contribution >= 4 is 11.7 Å². The maximum Gasteiger partial charge on any atom is 0.259 e. The topological polar surface area (TPSA) is 78.6 Å². The first kappa shape index (κ1) is 19.6. The fourth-order valence-electron chi connectivity index (χ4n) is 4.35. The van der Waals surface area contributed by atoms with E-state index in [-0.39, 0.29) is 11.4 Å². The van der Waals surface area contributed by atoms with Crippen LogP contribution in [0.25, 0.3) is 11.5 Å². The second kappa shape index (κ2) is 7.94. The van der Waals surface area contributed by atoms with E-state index in [0.29, 0.717) is 24.7 Å². The number of hydrogen-bond donors (Lipinski definition) is 0. The van der Waals surface area contributed by atoms with Gasteiger partial charge in [-0.1, -0.05) is 11.2 Å². The van der Waals surface area contributed by atoms with E-state index >= 15 is 0 Å². The van der Waals surface area contributed by atoms with Gasteiger partial charge in [-0.3, -0.25) is 9.69 Å². The van der Waals surface area contributed by atoms with Gasteiger partial charge >= 0.3 is 0 Å². The monoisotopic (exact) mass is 396 g/mol. The van der Waals surface area contributed by atoms with Crippen LogP contribution in [0.15, 0.2) is 35.5 Å². The maximum absolute atomic E-state index is 12.5. The van der Waals surface area contributed by atoms with Crippen LogP contribution in [-0.2, 0) is 4.79 Å². The van der Waals surface area contributed by atoms with Crippen molar-refractivity contribution in [3.05, 3.63) is 36.8 Å². The van der Waals surface area contributed by atoms with E-state index in [2.05, 4.69) is 38.6 Å². The SMILES string of the molecule is C=CCN1CC[C@]2(CCC1=O)CN(c1ccc(-c3nc(C)no3)cn1)CCN2C. The molecule has 2 aromatic rings. The van der Waals surface area contributed by atoms with Crippen LogP contribution in [0.4, 0.5) is 5.82 Å². The molecule has 8 heteroatoms. The number of piperazine rings is 1. The summed E-state index contributed by atoms with van der Waals surface area (Å²) < 4.78 is 5.23. The normalized spacial score (nSPS) is 23.4. The van der Waals surface area contributed by atoms with Gasteiger partial charge in [0.25, 0.3) is 5.89 Å². The van der Waals surface area contributed by atoms with Crippen molar-refractivity contribution in [1.82, 2.24) is 24.9 Å². The molecule has 0 N–H and O–H groups in total. The highest BCUT2D eigenvalue weighted by Gasteiger charge is 2.42. The van der Waals surface area contributed by atoms with Gasteiger partial charge in [-0.2, -0.15) is 4.98 Å². The third kappa shape index (κ3) is 3.89. The van der Waals surface area contributed by atoms with Crippen molar-refractivity contribution in [1.29, 1.82) is 0 Å². The standard InChI is InChI=1S/C21H28N6O2/c1-4-10-26-11-9-21(8-7-19(26)28)15-27(13-12-25(21)3)18-6-5-17(14-22-18)20-23-16(2)24-29-20/h4-6,14H,1,7-13,15H2,2-3H3/t21-/m1/s1. The summed E-state index contributed by atoms with van der Waals surface area (Å²) in [6, 6.07) is 3.99. The molecule has 4 heterocycles. The highest BCUT2D eigenvalue weighted by atomic mass is 16.5. The van der Waals surface area contributed by atoms with Crippen molar-refractivity contribution < 1.29 is 9.32 Å². The molecule has 4 rings (SSSR count). The number of anilines is 1. The van der Waals surface area contributed by atoms with Crippen molar-refractivity contribution in [2.75, 3.05) is 44.7 Å². The lowest BCUT2D eigenvalue weighted by Gasteiger charge is -2.49. The Balaban J connectivity index is 1.51. The number of hydrogen-bond acceptors (Lipinski definition) is 7. The minimum atomic E-state index is -0.0201. The molecule has 1 atom stereocenters. The molecule has 2 fully saturated rings. The van der Waals surface area contributed by atoms with Crippen LogP contribution in [0.1, 0.15) is 25.1 Å². The van der Waals surface area contributed by atoms with Crippen molar-refractivity contribution in [2.24, 2.45) is 0 Å². The lowest BCUT2D eigenvalue weighted by Crippen LogP contribution is -2.61. The van der Waals surface area contributed by atoms with E-state index in [1.165, 1.54) is 0 Å². The minimum Gasteiger partial charge on any atom is -0.353 e. The van der Waals surface area contributed by atoms with Gasteiger partial charge in [-0.25, -0.2) is 4.98 Å². The van der Waals surface area contributed by atoms with Gasteiger partial charge in [0.1, 0.15) is 5.82 Å². The van der Waals surface area contributed by atoms with E-state index < -0.39 is 0 Å². The summed E-state index contributed by atoms with van der Waals surface area (Å²) in [5, 5.41) is 3.84. The molecule has 0 saturated carbocycles. The first-order chi connectivity index (χ1) is 14.0. The molecule has 0 aliphatic carbocycles. The number of carbonyl (C=O) groups is 1. The van der Waals surface area contributed by atoms with Crippen molar-refractivity contribution in [3.63, 3.8) is 0 Å². The third-order valence-corrected chi connectivity index (χ3v) is 6.20. The molecule has 2 aromatic heterocycles. The molecule has 2 aliphatic heterocycles. The maximum atomic E-state index is 12.5. The van der Waals surface area contributed by atoms with E-state index in [9.17, 15) is 4.79 Å². The largest absolute Gasteiger partial charge is 0.353 e. The number of amides is 1. The Bertz CT molecular complexity index is 880. The van der Waals surface area contributed by atoms with Crippen molar-refractivity contribution in [2.45, 2.75) is 31.7 Å². The summed E-state index contributed by atoms with van der Waals surface area (Å²) in [5.74, 6) is 2.26. The molecule has 0 aromatic carbocycles. The van der Waals surface area contributed by atoms with Gasteiger partial charge in [-0.05, 0) is 38.9 Å². The number of pyridine rings is 1. The van der Waals surface area contributed by atoms with Crippen LogP contribution >= 0.6 is 0 Å². The summed E-state index contributed by atoms with van der Waals surface area (Å²) in [6.07, 6.45) is 6.00. The summed E-state index contributed by atoms with van der Waals surface area (Å²) >= 11 is 0. The Morgan fingerprint density at radius 3 is 2.83 bits per heavy atom. The van der Waals surface area contributed by atoms with Crippen LogP contribution in [0.5, 0.6) is 0 Å². The Morgan fingerprint density at radius 1 is 1.28 bits per heavy atom. The number of aryl methyl sites for hydroxylation is 1. The quantitative estimate of drug-likeness (QED) is 0.733. The molecule has 1 amide bonds. The van der Waals surface area contributed by atoms with E-state index in [0.717, 1.165) is 50.4 Å². The smallest absolute Gasteiger partial charge is 0.259 e. The predicted molar refractivity (Wildman–Crippen MR) is 110 cm³/mol. The first-order valence-electron chi connectivity index (χ1n) is 10.1. The molecular formula is C21H28N6O2. The average molecular weight is 396 g/mol. The summed E-state index contributed by atoms with van der Waals surface area (Å²) in [7, 11) is 2.18. The van der Waals surface area contributed by atoms with Gasteiger partial charge in [0, 0.05) is 50.9 Å². The Labute approximate surface area is 171 Å². The predicted octanol–water partition coefficient (Wildman–Crippen LogP) is 2.13. The summed E-state index contributed by atoms with van der Waals surface area (Å²) in [5.41, 5.74) is 0.798. The van der Waals surface area contributed by atoms with Crippen LogP contribution in [0.3, 0.4) is 0 Å². The minimum absolute atomic E-state index is 0.0201.